The monoisotopic (exact) mass is 332 g/mol. The molecule has 24 heavy (non-hydrogen) atoms. The van der Waals surface area contributed by atoms with Gasteiger partial charge in [0.1, 0.15) is 0 Å². The summed E-state index contributed by atoms with van der Waals surface area (Å²) in [5, 5.41) is 19.0. The van der Waals surface area contributed by atoms with Crippen LogP contribution >= 0.6 is 0 Å². The molecule has 2 aliphatic heterocycles. The molecule has 3 rings (SSSR count). The van der Waals surface area contributed by atoms with Crippen molar-refractivity contribution in [3.05, 3.63) is 35.9 Å². The van der Waals surface area contributed by atoms with Crippen molar-refractivity contribution in [2.45, 2.75) is 38.3 Å². The number of aliphatic hydroxyl groups is 2. The smallest absolute Gasteiger partial charge is 0.222 e. The van der Waals surface area contributed by atoms with Crippen LogP contribution < -0.4 is 0 Å². The minimum Gasteiger partial charge on any atom is -0.395 e. The first-order valence-electron chi connectivity index (χ1n) is 8.93. The van der Waals surface area contributed by atoms with Gasteiger partial charge in [0.05, 0.1) is 19.3 Å². The van der Waals surface area contributed by atoms with Gasteiger partial charge in [-0.1, -0.05) is 30.3 Å². The van der Waals surface area contributed by atoms with Gasteiger partial charge in [-0.15, -0.1) is 0 Å². The molecule has 132 valence electrons. The molecule has 2 fully saturated rings. The van der Waals surface area contributed by atoms with E-state index in [0.717, 1.165) is 38.9 Å². The molecule has 2 saturated heterocycles. The minimum atomic E-state index is -0.178. The van der Waals surface area contributed by atoms with Gasteiger partial charge in [-0.25, -0.2) is 0 Å². The van der Waals surface area contributed by atoms with Gasteiger partial charge >= 0.3 is 0 Å². The second-order valence-electron chi connectivity index (χ2n) is 7.33. The Morgan fingerprint density at radius 3 is 2.54 bits per heavy atom. The Morgan fingerprint density at radius 1 is 1.08 bits per heavy atom. The summed E-state index contributed by atoms with van der Waals surface area (Å²) in [7, 11) is 0. The summed E-state index contributed by atoms with van der Waals surface area (Å²) in [6.07, 6.45) is 3.69. The Balaban J connectivity index is 1.70. The summed E-state index contributed by atoms with van der Waals surface area (Å²) in [5.74, 6) is 0.238. The Labute approximate surface area is 143 Å². The molecule has 0 bridgehead atoms. The van der Waals surface area contributed by atoms with Gasteiger partial charge in [-0.2, -0.15) is 0 Å². The molecule has 1 aromatic rings. The van der Waals surface area contributed by atoms with Crippen molar-refractivity contribution in [2.75, 3.05) is 32.8 Å². The molecule has 0 aromatic heterocycles. The lowest BCUT2D eigenvalue weighted by atomic mass is 9.73. The van der Waals surface area contributed by atoms with E-state index in [1.165, 1.54) is 5.56 Å². The first kappa shape index (κ1) is 17.4. The topological polar surface area (TPSA) is 64.0 Å². The molecular formula is C19H28N2O3. The third-order valence-electron chi connectivity index (χ3n) is 5.59. The van der Waals surface area contributed by atoms with Gasteiger partial charge in [0.2, 0.25) is 5.91 Å². The fourth-order valence-corrected chi connectivity index (χ4v) is 4.23. The van der Waals surface area contributed by atoms with Crippen LogP contribution in [0.5, 0.6) is 0 Å². The second-order valence-corrected chi connectivity index (χ2v) is 7.33. The Bertz CT molecular complexity index is 547. The maximum atomic E-state index is 12.4. The summed E-state index contributed by atoms with van der Waals surface area (Å²) >= 11 is 0. The molecule has 1 spiro atoms. The molecule has 1 amide bonds. The van der Waals surface area contributed by atoms with Crippen LogP contribution in [0, 0.1) is 5.41 Å². The molecule has 5 heteroatoms. The van der Waals surface area contributed by atoms with Crippen molar-refractivity contribution in [3.63, 3.8) is 0 Å². The largest absolute Gasteiger partial charge is 0.395 e. The Morgan fingerprint density at radius 2 is 1.83 bits per heavy atom. The lowest BCUT2D eigenvalue weighted by Crippen LogP contribution is -2.56. The highest BCUT2D eigenvalue weighted by Gasteiger charge is 2.42. The number of carbonyl (C=O) groups excluding carboxylic acids is 1. The number of likely N-dealkylation sites (tertiary alicyclic amines) is 2. The van der Waals surface area contributed by atoms with Gasteiger partial charge in [0.15, 0.2) is 0 Å². The highest BCUT2D eigenvalue weighted by atomic mass is 16.3. The fourth-order valence-electron chi connectivity index (χ4n) is 4.23. The molecule has 5 nitrogen and oxygen atoms in total. The van der Waals surface area contributed by atoms with E-state index in [1.807, 2.05) is 23.1 Å². The first-order chi connectivity index (χ1) is 11.7. The van der Waals surface area contributed by atoms with Crippen LogP contribution in [0.3, 0.4) is 0 Å². The molecule has 2 heterocycles. The van der Waals surface area contributed by atoms with E-state index in [1.54, 1.807) is 0 Å². The van der Waals surface area contributed by atoms with Crippen molar-refractivity contribution >= 4 is 5.91 Å². The predicted molar refractivity (Wildman–Crippen MR) is 92.3 cm³/mol. The number of piperidine rings is 2. The third kappa shape index (κ3) is 3.79. The summed E-state index contributed by atoms with van der Waals surface area (Å²) in [4.78, 5) is 16.6. The van der Waals surface area contributed by atoms with Crippen molar-refractivity contribution in [2.24, 2.45) is 5.41 Å². The zero-order valence-electron chi connectivity index (χ0n) is 14.2. The highest BCUT2D eigenvalue weighted by Crippen LogP contribution is 2.39. The van der Waals surface area contributed by atoms with Gasteiger partial charge in [-0.05, 0) is 31.4 Å². The van der Waals surface area contributed by atoms with Crippen molar-refractivity contribution in [1.82, 2.24) is 9.80 Å². The lowest BCUT2D eigenvalue weighted by molar-refractivity contribution is -0.141. The normalized spacial score (nSPS) is 25.6. The molecule has 2 N–H and O–H groups in total. The van der Waals surface area contributed by atoms with E-state index in [-0.39, 0.29) is 30.6 Å². The van der Waals surface area contributed by atoms with E-state index in [0.29, 0.717) is 13.0 Å². The van der Waals surface area contributed by atoms with E-state index in [4.69, 9.17) is 0 Å². The molecule has 1 unspecified atom stereocenters. The van der Waals surface area contributed by atoms with Gasteiger partial charge < -0.3 is 15.1 Å². The van der Waals surface area contributed by atoms with Crippen molar-refractivity contribution in [3.8, 4) is 0 Å². The highest BCUT2D eigenvalue weighted by molar-refractivity contribution is 5.77. The predicted octanol–water partition coefficient (Wildman–Crippen LogP) is 1.24. The zero-order valence-corrected chi connectivity index (χ0v) is 14.2. The first-order valence-corrected chi connectivity index (χ1v) is 8.93. The van der Waals surface area contributed by atoms with Gasteiger partial charge in [0, 0.05) is 31.5 Å². The summed E-state index contributed by atoms with van der Waals surface area (Å²) in [5.41, 5.74) is 1.27. The zero-order chi connectivity index (χ0) is 17.0. The van der Waals surface area contributed by atoms with E-state index in [9.17, 15) is 15.0 Å². The summed E-state index contributed by atoms with van der Waals surface area (Å²) in [6.45, 7) is 3.20. The molecule has 0 aliphatic carbocycles. The number of nitrogens with zero attached hydrogens (tertiary/aromatic N) is 2. The average molecular weight is 332 g/mol. The molecule has 1 aromatic carbocycles. The Kier molecular flexibility index (Phi) is 5.54. The molecule has 1 atom stereocenters. The minimum absolute atomic E-state index is 0.0146. The van der Waals surface area contributed by atoms with Crippen molar-refractivity contribution < 1.29 is 15.0 Å². The van der Waals surface area contributed by atoms with Crippen LogP contribution in [0.15, 0.2) is 30.3 Å². The number of benzene rings is 1. The fraction of sp³-hybridized carbons (Fsp3) is 0.632. The van der Waals surface area contributed by atoms with Crippen LogP contribution in [0.25, 0.3) is 0 Å². The quantitative estimate of drug-likeness (QED) is 0.852. The molecule has 0 radical (unpaired) electrons. The maximum Gasteiger partial charge on any atom is 0.222 e. The third-order valence-corrected chi connectivity index (χ3v) is 5.59. The van der Waals surface area contributed by atoms with Gasteiger partial charge in [0.25, 0.3) is 0 Å². The average Bonchev–Trinajstić information content (AvgIpc) is 2.61. The van der Waals surface area contributed by atoms with Crippen molar-refractivity contribution in [1.29, 1.82) is 0 Å². The lowest BCUT2D eigenvalue weighted by Gasteiger charge is -2.49. The summed E-state index contributed by atoms with van der Waals surface area (Å²) in [6, 6.07) is 9.96. The Hall–Kier alpha value is -1.43. The maximum absolute atomic E-state index is 12.4. The molecule has 2 aliphatic rings. The standard InChI is InChI=1S/C19H28N2O3/c22-12-17(13-23)20-10-4-8-19(14-20)9-7-18(24)21(15-19)11-16-5-2-1-3-6-16/h1-3,5-6,17,22-23H,4,7-15H2. The van der Waals surface area contributed by atoms with Crippen LogP contribution in [-0.4, -0.2) is 64.8 Å². The molecular weight excluding hydrogens is 304 g/mol. The van der Waals surface area contributed by atoms with E-state index in [2.05, 4.69) is 17.0 Å². The van der Waals surface area contributed by atoms with Crippen LogP contribution in [0.1, 0.15) is 31.2 Å². The number of amides is 1. The van der Waals surface area contributed by atoms with Gasteiger partial charge in [-0.3, -0.25) is 9.69 Å². The second kappa shape index (κ2) is 7.64. The molecule has 0 saturated carbocycles. The van der Waals surface area contributed by atoms with Crippen LogP contribution in [-0.2, 0) is 11.3 Å². The van der Waals surface area contributed by atoms with E-state index >= 15 is 0 Å². The number of carbonyl (C=O) groups is 1. The number of hydrogen-bond acceptors (Lipinski definition) is 4. The number of rotatable bonds is 5. The van der Waals surface area contributed by atoms with Crippen LogP contribution in [0.2, 0.25) is 0 Å². The summed E-state index contributed by atoms with van der Waals surface area (Å²) < 4.78 is 0. The SMILES string of the molecule is O=C1CCC2(CCCN(C(CO)CO)C2)CN1Cc1ccccc1. The van der Waals surface area contributed by atoms with E-state index < -0.39 is 0 Å². The number of hydrogen-bond donors (Lipinski definition) is 2. The van der Waals surface area contributed by atoms with Crippen LogP contribution in [0.4, 0.5) is 0 Å². The number of aliphatic hydroxyl groups excluding tert-OH is 2.